The summed E-state index contributed by atoms with van der Waals surface area (Å²) in [5.74, 6) is -0.0829. The van der Waals surface area contributed by atoms with Crippen molar-refractivity contribution in [3.05, 3.63) is 39.6 Å². The first kappa shape index (κ1) is 14.4. The van der Waals surface area contributed by atoms with Crippen LogP contribution in [0.25, 0.3) is 0 Å². The van der Waals surface area contributed by atoms with Crippen LogP contribution in [-0.4, -0.2) is 57.1 Å². The van der Waals surface area contributed by atoms with Crippen molar-refractivity contribution in [2.75, 3.05) is 26.2 Å². The highest BCUT2D eigenvalue weighted by molar-refractivity contribution is 7.17. The average Bonchev–Trinajstić information content (AvgIpc) is 2.95. The fourth-order valence-electron chi connectivity index (χ4n) is 2.29. The molecule has 2 aromatic heterocycles. The SMILES string of the molecule is O=C(c1nnc(Cl)s1)N1CCN(Cc2cccnc2)CC1. The molecule has 0 atom stereocenters. The van der Waals surface area contributed by atoms with E-state index in [0.29, 0.717) is 22.6 Å². The van der Waals surface area contributed by atoms with Crippen LogP contribution in [-0.2, 0) is 6.54 Å². The van der Waals surface area contributed by atoms with Crippen molar-refractivity contribution >= 4 is 28.8 Å². The van der Waals surface area contributed by atoms with Gasteiger partial charge >= 0.3 is 0 Å². The lowest BCUT2D eigenvalue weighted by atomic mass is 10.2. The van der Waals surface area contributed by atoms with Gasteiger partial charge in [0.2, 0.25) is 9.47 Å². The van der Waals surface area contributed by atoms with E-state index in [9.17, 15) is 4.79 Å². The quantitative estimate of drug-likeness (QED) is 0.857. The van der Waals surface area contributed by atoms with Gasteiger partial charge in [0.25, 0.3) is 5.91 Å². The summed E-state index contributed by atoms with van der Waals surface area (Å²) in [6.45, 7) is 3.92. The molecule has 6 nitrogen and oxygen atoms in total. The Labute approximate surface area is 131 Å². The monoisotopic (exact) mass is 323 g/mol. The van der Waals surface area contributed by atoms with Crippen LogP contribution in [0.3, 0.4) is 0 Å². The van der Waals surface area contributed by atoms with Crippen molar-refractivity contribution < 1.29 is 4.79 Å². The Hall–Kier alpha value is -1.57. The predicted octanol–water partition coefficient (Wildman–Crippen LogP) is 1.54. The molecule has 3 heterocycles. The molecule has 0 radical (unpaired) electrons. The van der Waals surface area contributed by atoms with Gasteiger partial charge in [-0.1, -0.05) is 17.4 Å². The third-order valence-corrected chi connectivity index (χ3v) is 4.38. The second kappa shape index (κ2) is 6.46. The lowest BCUT2D eigenvalue weighted by Crippen LogP contribution is -2.48. The largest absolute Gasteiger partial charge is 0.334 e. The summed E-state index contributed by atoms with van der Waals surface area (Å²) in [6, 6.07) is 4.00. The molecular formula is C13H14ClN5OS. The molecule has 1 fully saturated rings. The van der Waals surface area contributed by atoms with Crippen molar-refractivity contribution in [3.63, 3.8) is 0 Å². The number of amides is 1. The number of nitrogens with zero attached hydrogens (tertiary/aromatic N) is 5. The molecule has 1 saturated heterocycles. The number of hydrogen-bond acceptors (Lipinski definition) is 6. The molecule has 0 bridgehead atoms. The van der Waals surface area contributed by atoms with Crippen LogP contribution in [0.1, 0.15) is 15.4 Å². The fraction of sp³-hybridized carbons (Fsp3) is 0.385. The lowest BCUT2D eigenvalue weighted by Gasteiger charge is -2.34. The number of rotatable bonds is 3. The van der Waals surface area contributed by atoms with Gasteiger partial charge in [-0.2, -0.15) is 0 Å². The highest BCUT2D eigenvalue weighted by Gasteiger charge is 2.24. The molecular weight excluding hydrogens is 310 g/mol. The van der Waals surface area contributed by atoms with Gasteiger partial charge in [0, 0.05) is 45.1 Å². The number of carbonyl (C=O) groups excluding carboxylic acids is 1. The predicted molar refractivity (Wildman–Crippen MR) is 80.3 cm³/mol. The van der Waals surface area contributed by atoms with E-state index in [1.807, 2.05) is 12.3 Å². The maximum Gasteiger partial charge on any atom is 0.284 e. The number of pyridine rings is 1. The lowest BCUT2D eigenvalue weighted by molar-refractivity contribution is 0.0627. The maximum absolute atomic E-state index is 12.2. The van der Waals surface area contributed by atoms with E-state index < -0.39 is 0 Å². The number of halogens is 1. The van der Waals surface area contributed by atoms with Crippen LogP contribution >= 0.6 is 22.9 Å². The van der Waals surface area contributed by atoms with Gasteiger partial charge in [-0.05, 0) is 23.2 Å². The standard InChI is InChI=1S/C13H14ClN5OS/c14-13-17-16-11(21-13)12(20)19-6-4-18(5-7-19)9-10-2-1-3-15-8-10/h1-3,8H,4-7,9H2. The molecule has 21 heavy (non-hydrogen) atoms. The molecule has 0 aliphatic carbocycles. The van der Waals surface area contributed by atoms with Crippen LogP contribution < -0.4 is 0 Å². The zero-order valence-electron chi connectivity index (χ0n) is 11.3. The minimum atomic E-state index is -0.0829. The second-order valence-corrected chi connectivity index (χ2v) is 6.35. The zero-order chi connectivity index (χ0) is 14.7. The summed E-state index contributed by atoms with van der Waals surface area (Å²) in [7, 11) is 0. The van der Waals surface area contributed by atoms with Crippen molar-refractivity contribution in [1.82, 2.24) is 25.0 Å². The van der Waals surface area contributed by atoms with E-state index >= 15 is 0 Å². The molecule has 0 unspecified atom stereocenters. The summed E-state index contributed by atoms with van der Waals surface area (Å²) < 4.78 is 0.300. The maximum atomic E-state index is 12.2. The number of carbonyl (C=O) groups is 1. The smallest absolute Gasteiger partial charge is 0.284 e. The highest BCUT2D eigenvalue weighted by Crippen LogP contribution is 2.17. The normalized spacial score (nSPS) is 16.1. The van der Waals surface area contributed by atoms with Crippen LogP contribution in [0.15, 0.2) is 24.5 Å². The molecule has 0 N–H and O–H groups in total. The first-order chi connectivity index (χ1) is 10.2. The Bertz CT molecular complexity index is 612. The highest BCUT2D eigenvalue weighted by atomic mass is 35.5. The summed E-state index contributed by atoms with van der Waals surface area (Å²) in [4.78, 5) is 20.5. The Morgan fingerprint density at radius 2 is 2.10 bits per heavy atom. The van der Waals surface area contributed by atoms with E-state index in [4.69, 9.17) is 11.6 Å². The third-order valence-electron chi connectivity index (χ3n) is 3.37. The molecule has 3 rings (SSSR count). The van der Waals surface area contributed by atoms with Gasteiger partial charge in [0.05, 0.1) is 0 Å². The van der Waals surface area contributed by atoms with Crippen LogP contribution in [0.5, 0.6) is 0 Å². The molecule has 0 aromatic carbocycles. The molecule has 110 valence electrons. The topological polar surface area (TPSA) is 62.2 Å². The van der Waals surface area contributed by atoms with Crippen molar-refractivity contribution in [2.24, 2.45) is 0 Å². The molecule has 1 aliphatic rings. The van der Waals surface area contributed by atoms with Crippen molar-refractivity contribution in [2.45, 2.75) is 6.54 Å². The van der Waals surface area contributed by atoms with E-state index in [1.165, 1.54) is 5.56 Å². The molecule has 0 saturated carbocycles. The Balaban J connectivity index is 1.54. The van der Waals surface area contributed by atoms with Crippen molar-refractivity contribution in [3.8, 4) is 0 Å². The summed E-state index contributed by atoms with van der Waals surface area (Å²) in [5.41, 5.74) is 1.19. The molecule has 1 aliphatic heterocycles. The van der Waals surface area contributed by atoms with Gasteiger partial charge in [-0.25, -0.2) is 0 Å². The average molecular weight is 324 g/mol. The fourth-order valence-corrected chi connectivity index (χ4v) is 3.08. The summed E-state index contributed by atoms with van der Waals surface area (Å²) in [5, 5.41) is 7.84. The van der Waals surface area contributed by atoms with Gasteiger partial charge in [0.1, 0.15) is 0 Å². The number of piperazine rings is 1. The first-order valence-electron chi connectivity index (χ1n) is 6.62. The van der Waals surface area contributed by atoms with Crippen molar-refractivity contribution in [1.29, 1.82) is 0 Å². The minimum Gasteiger partial charge on any atom is -0.334 e. The molecule has 1 amide bonds. The van der Waals surface area contributed by atoms with Gasteiger partial charge < -0.3 is 4.90 Å². The van der Waals surface area contributed by atoms with E-state index in [2.05, 4.69) is 26.1 Å². The molecule has 2 aromatic rings. The Morgan fingerprint density at radius 1 is 1.29 bits per heavy atom. The van der Waals surface area contributed by atoms with Crippen LogP contribution in [0.2, 0.25) is 4.47 Å². The summed E-state index contributed by atoms with van der Waals surface area (Å²) >= 11 is 6.84. The molecule has 0 spiro atoms. The van der Waals surface area contributed by atoms with E-state index in [-0.39, 0.29) is 5.91 Å². The minimum absolute atomic E-state index is 0.0829. The number of aromatic nitrogens is 3. The van der Waals surface area contributed by atoms with Crippen LogP contribution in [0.4, 0.5) is 0 Å². The molecule has 8 heteroatoms. The van der Waals surface area contributed by atoms with Gasteiger partial charge in [0.15, 0.2) is 0 Å². The third kappa shape index (κ3) is 3.55. The van der Waals surface area contributed by atoms with Crippen LogP contribution in [0, 0.1) is 0 Å². The van der Waals surface area contributed by atoms with E-state index in [1.54, 1.807) is 11.1 Å². The zero-order valence-corrected chi connectivity index (χ0v) is 12.8. The van der Waals surface area contributed by atoms with E-state index in [0.717, 1.165) is 31.0 Å². The first-order valence-corrected chi connectivity index (χ1v) is 7.81. The second-order valence-electron chi connectivity index (χ2n) is 4.79. The Morgan fingerprint density at radius 3 is 2.71 bits per heavy atom. The Kier molecular flexibility index (Phi) is 4.42. The van der Waals surface area contributed by atoms with Gasteiger partial charge in [-0.3, -0.25) is 14.7 Å². The van der Waals surface area contributed by atoms with Gasteiger partial charge in [-0.15, -0.1) is 10.2 Å². The summed E-state index contributed by atoms with van der Waals surface area (Å²) in [6.07, 6.45) is 3.65. The number of hydrogen-bond donors (Lipinski definition) is 0.